The van der Waals surface area contributed by atoms with Crippen molar-refractivity contribution in [3.05, 3.63) is 59.7 Å². The smallest absolute Gasteiger partial charge is 0.261 e. The van der Waals surface area contributed by atoms with Crippen molar-refractivity contribution in [1.29, 1.82) is 0 Å². The summed E-state index contributed by atoms with van der Waals surface area (Å²) >= 11 is 0. The zero-order valence-electron chi connectivity index (χ0n) is 14.7. The van der Waals surface area contributed by atoms with Crippen LogP contribution >= 0.6 is 0 Å². The van der Waals surface area contributed by atoms with Gasteiger partial charge in [-0.3, -0.25) is 9.52 Å². The number of carbonyl (C=O) groups is 1. The average molecular weight is 373 g/mol. The van der Waals surface area contributed by atoms with E-state index in [4.69, 9.17) is 0 Å². The molecule has 6 nitrogen and oxygen atoms in total. The Labute approximate surface area is 154 Å². The Hall–Kier alpha value is -2.38. The van der Waals surface area contributed by atoms with Crippen LogP contribution in [0.3, 0.4) is 0 Å². The van der Waals surface area contributed by atoms with Gasteiger partial charge in [0.05, 0.1) is 4.90 Å². The first-order valence-corrected chi connectivity index (χ1v) is 10.1. The van der Waals surface area contributed by atoms with Gasteiger partial charge in [-0.1, -0.05) is 23.8 Å². The Kier molecular flexibility index (Phi) is 5.58. The van der Waals surface area contributed by atoms with Crippen LogP contribution in [0.5, 0.6) is 0 Å². The Morgan fingerprint density at radius 1 is 1.08 bits per heavy atom. The van der Waals surface area contributed by atoms with E-state index >= 15 is 0 Å². The lowest BCUT2D eigenvalue weighted by molar-refractivity contribution is 0.0929. The fraction of sp³-hybridized carbons (Fsp3) is 0.316. The molecule has 2 aromatic carbocycles. The van der Waals surface area contributed by atoms with Gasteiger partial charge >= 0.3 is 0 Å². The van der Waals surface area contributed by atoms with Crippen LogP contribution in [0, 0.1) is 6.92 Å². The lowest BCUT2D eigenvalue weighted by Gasteiger charge is -2.23. The van der Waals surface area contributed by atoms with Gasteiger partial charge in [-0.15, -0.1) is 0 Å². The van der Waals surface area contributed by atoms with E-state index in [0.29, 0.717) is 11.3 Å². The van der Waals surface area contributed by atoms with E-state index in [1.807, 2.05) is 19.1 Å². The number of hydrogen-bond acceptors (Lipinski definition) is 4. The zero-order valence-corrected chi connectivity index (χ0v) is 15.5. The molecular weight excluding hydrogens is 350 g/mol. The van der Waals surface area contributed by atoms with Crippen LogP contribution in [0.25, 0.3) is 0 Å². The number of benzene rings is 2. The molecular formula is C19H23N3O3S. The molecule has 26 heavy (non-hydrogen) atoms. The highest BCUT2D eigenvalue weighted by Gasteiger charge is 2.19. The molecule has 2 aromatic rings. The first kappa shape index (κ1) is 18.4. The molecule has 1 amide bonds. The summed E-state index contributed by atoms with van der Waals surface area (Å²) in [6, 6.07) is 13.3. The SMILES string of the molecule is Cc1ccc(NS(=O)(=O)c2cccc(C(=O)NC3CCNCC3)c2)cc1. The normalized spacial score (nSPS) is 15.4. The highest BCUT2D eigenvalue weighted by molar-refractivity contribution is 7.92. The lowest BCUT2D eigenvalue weighted by Crippen LogP contribution is -2.42. The van der Waals surface area contributed by atoms with Crippen molar-refractivity contribution in [2.45, 2.75) is 30.7 Å². The number of aryl methyl sites for hydroxylation is 1. The molecule has 1 aliphatic rings. The lowest BCUT2D eigenvalue weighted by atomic mass is 10.1. The third kappa shape index (κ3) is 4.62. The van der Waals surface area contributed by atoms with E-state index in [2.05, 4.69) is 15.4 Å². The number of hydrogen-bond donors (Lipinski definition) is 3. The molecule has 0 atom stereocenters. The minimum atomic E-state index is -3.76. The van der Waals surface area contributed by atoms with Gasteiger partial charge in [-0.05, 0) is 63.2 Å². The third-order valence-corrected chi connectivity index (χ3v) is 5.76. The van der Waals surface area contributed by atoms with E-state index in [9.17, 15) is 13.2 Å². The molecule has 1 fully saturated rings. The van der Waals surface area contributed by atoms with Gasteiger partial charge in [0.25, 0.3) is 15.9 Å². The molecule has 3 rings (SSSR count). The van der Waals surface area contributed by atoms with Crippen molar-refractivity contribution < 1.29 is 13.2 Å². The zero-order chi connectivity index (χ0) is 18.6. The van der Waals surface area contributed by atoms with Gasteiger partial charge in [0, 0.05) is 17.3 Å². The molecule has 0 aromatic heterocycles. The molecule has 3 N–H and O–H groups in total. The van der Waals surface area contributed by atoms with Crippen LogP contribution in [0.2, 0.25) is 0 Å². The average Bonchev–Trinajstić information content (AvgIpc) is 2.64. The minimum absolute atomic E-state index is 0.0658. The van der Waals surface area contributed by atoms with Crippen molar-refractivity contribution in [3.8, 4) is 0 Å². The number of rotatable bonds is 5. The number of nitrogens with one attached hydrogen (secondary N) is 3. The minimum Gasteiger partial charge on any atom is -0.349 e. The molecule has 0 aliphatic carbocycles. The number of sulfonamides is 1. The molecule has 1 saturated heterocycles. The van der Waals surface area contributed by atoms with Crippen LogP contribution in [-0.4, -0.2) is 33.5 Å². The van der Waals surface area contributed by atoms with E-state index in [1.165, 1.54) is 12.1 Å². The second-order valence-electron chi connectivity index (χ2n) is 6.50. The molecule has 138 valence electrons. The van der Waals surface area contributed by atoms with Crippen LogP contribution in [-0.2, 0) is 10.0 Å². The number of carbonyl (C=O) groups excluding carboxylic acids is 1. The number of amides is 1. The summed E-state index contributed by atoms with van der Waals surface area (Å²) in [5.74, 6) is -0.246. The maximum Gasteiger partial charge on any atom is 0.261 e. The summed E-state index contributed by atoms with van der Waals surface area (Å²) in [7, 11) is -3.76. The van der Waals surface area contributed by atoms with Crippen molar-refractivity contribution >= 4 is 21.6 Å². The van der Waals surface area contributed by atoms with Crippen LogP contribution in [0.1, 0.15) is 28.8 Å². The van der Waals surface area contributed by atoms with Gasteiger partial charge in [-0.25, -0.2) is 8.42 Å². The van der Waals surface area contributed by atoms with Gasteiger partial charge < -0.3 is 10.6 Å². The fourth-order valence-electron chi connectivity index (χ4n) is 2.88. The quantitative estimate of drug-likeness (QED) is 0.750. The summed E-state index contributed by atoms with van der Waals surface area (Å²) in [5, 5.41) is 6.22. The van der Waals surface area contributed by atoms with Gasteiger partial charge in [0.1, 0.15) is 0 Å². The van der Waals surface area contributed by atoms with E-state index in [-0.39, 0.29) is 16.8 Å². The van der Waals surface area contributed by atoms with Crippen molar-refractivity contribution in [2.75, 3.05) is 17.8 Å². The Bertz CT molecular complexity index is 873. The van der Waals surface area contributed by atoms with Crippen LogP contribution in [0.15, 0.2) is 53.4 Å². The maximum atomic E-state index is 12.6. The number of piperidine rings is 1. The summed E-state index contributed by atoms with van der Waals surface area (Å²) in [4.78, 5) is 12.5. The predicted octanol–water partition coefficient (Wildman–Crippen LogP) is 2.28. The summed E-state index contributed by atoms with van der Waals surface area (Å²) in [6.07, 6.45) is 1.75. The monoisotopic (exact) mass is 373 g/mol. The van der Waals surface area contributed by atoms with Gasteiger partial charge in [0.15, 0.2) is 0 Å². The van der Waals surface area contributed by atoms with Gasteiger partial charge in [0.2, 0.25) is 0 Å². The van der Waals surface area contributed by atoms with E-state index < -0.39 is 10.0 Å². The Morgan fingerprint density at radius 2 is 1.77 bits per heavy atom. The topological polar surface area (TPSA) is 87.3 Å². The molecule has 1 aliphatic heterocycles. The van der Waals surface area contributed by atoms with Crippen molar-refractivity contribution in [3.63, 3.8) is 0 Å². The van der Waals surface area contributed by atoms with Crippen molar-refractivity contribution in [2.24, 2.45) is 0 Å². The standard InChI is InChI=1S/C19H23N3O3S/c1-14-5-7-17(8-6-14)22-26(24,25)18-4-2-3-15(13-18)19(23)21-16-9-11-20-12-10-16/h2-8,13,16,20,22H,9-12H2,1H3,(H,21,23). The number of anilines is 1. The molecule has 1 heterocycles. The van der Waals surface area contributed by atoms with E-state index in [0.717, 1.165) is 31.5 Å². The van der Waals surface area contributed by atoms with Crippen LogP contribution < -0.4 is 15.4 Å². The summed E-state index contributed by atoms with van der Waals surface area (Å²) < 4.78 is 27.7. The maximum absolute atomic E-state index is 12.6. The fourth-order valence-corrected chi connectivity index (χ4v) is 3.98. The molecule has 0 bridgehead atoms. The Balaban J connectivity index is 1.74. The molecule has 0 saturated carbocycles. The van der Waals surface area contributed by atoms with Gasteiger partial charge in [-0.2, -0.15) is 0 Å². The largest absolute Gasteiger partial charge is 0.349 e. The molecule has 7 heteroatoms. The van der Waals surface area contributed by atoms with E-state index in [1.54, 1.807) is 24.3 Å². The third-order valence-electron chi connectivity index (χ3n) is 4.38. The molecule has 0 unspecified atom stereocenters. The molecule has 0 spiro atoms. The predicted molar refractivity (Wildman–Crippen MR) is 102 cm³/mol. The highest BCUT2D eigenvalue weighted by atomic mass is 32.2. The first-order valence-electron chi connectivity index (χ1n) is 8.65. The van der Waals surface area contributed by atoms with Crippen LogP contribution in [0.4, 0.5) is 5.69 Å². The summed E-state index contributed by atoms with van der Waals surface area (Å²) in [6.45, 7) is 3.68. The molecule has 0 radical (unpaired) electrons. The highest BCUT2D eigenvalue weighted by Crippen LogP contribution is 2.18. The summed E-state index contributed by atoms with van der Waals surface area (Å²) in [5.41, 5.74) is 1.88. The first-order chi connectivity index (χ1) is 12.4. The second kappa shape index (κ2) is 7.88. The Morgan fingerprint density at radius 3 is 2.46 bits per heavy atom. The van der Waals surface area contributed by atoms with Crippen molar-refractivity contribution in [1.82, 2.24) is 10.6 Å². The second-order valence-corrected chi connectivity index (χ2v) is 8.18.